The molecule has 10 heteroatoms. The van der Waals surface area contributed by atoms with E-state index in [0.29, 0.717) is 17.7 Å². The standard InChI is InChI=1S/C18H18N2O7S/c1-3-12-8-13(18(23)26-4-2)17(28-12)19-16(22)10-27-15-6-5-11(9-21)7-14(15)20(24)25/h5-9H,3-4,10H2,1-2H3,(H,19,22). The minimum absolute atomic E-state index is 0.119. The Morgan fingerprint density at radius 1 is 1.29 bits per heavy atom. The Labute approximate surface area is 164 Å². The first-order chi connectivity index (χ1) is 13.4. The summed E-state index contributed by atoms with van der Waals surface area (Å²) in [5.41, 5.74) is -0.0550. The topological polar surface area (TPSA) is 125 Å². The molecule has 0 atom stereocenters. The molecule has 2 aromatic rings. The predicted molar refractivity (Wildman–Crippen MR) is 102 cm³/mol. The number of esters is 1. The third kappa shape index (κ3) is 5.13. The van der Waals surface area contributed by atoms with E-state index in [1.54, 1.807) is 13.0 Å². The number of carbonyl (C=O) groups is 3. The van der Waals surface area contributed by atoms with Gasteiger partial charge >= 0.3 is 11.7 Å². The van der Waals surface area contributed by atoms with Crippen LogP contribution in [0.3, 0.4) is 0 Å². The molecule has 0 aliphatic carbocycles. The molecule has 0 bridgehead atoms. The van der Waals surface area contributed by atoms with Crippen LogP contribution in [-0.4, -0.2) is 36.3 Å². The van der Waals surface area contributed by atoms with Gasteiger partial charge < -0.3 is 14.8 Å². The number of carbonyl (C=O) groups excluding carboxylic acids is 3. The highest BCUT2D eigenvalue weighted by Crippen LogP contribution is 2.30. The summed E-state index contributed by atoms with van der Waals surface area (Å²) >= 11 is 1.24. The first-order valence-corrected chi connectivity index (χ1v) is 9.17. The first-order valence-electron chi connectivity index (χ1n) is 8.35. The SMILES string of the molecule is CCOC(=O)c1cc(CC)sc1NC(=O)COc1ccc(C=O)cc1[N+](=O)[O-]. The van der Waals surface area contributed by atoms with Gasteiger partial charge in [-0.1, -0.05) is 6.92 Å². The van der Waals surface area contributed by atoms with Gasteiger partial charge in [-0.2, -0.15) is 0 Å². The van der Waals surface area contributed by atoms with Gasteiger partial charge in [-0.05, 0) is 31.5 Å². The van der Waals surface area contributed by atoms with Gasteiger partial charge in [0.25, 0.3) is 5.91 Å². The molecule has 0 fully saturated rings. The number of nitro groups is 1. The van der Waals surface area contributed by atoms with E-state index >= 15 is 0 Å². The lowest BCUT2D eigenvalue weighted by atomic mass is 10.2. The van der Waals surface area contributed by atoms with E-state index in [9.17, 15) is 24.5 Å². The van der Waals surface area contributed by atoms with Crippen LogP contribution >= 0.6 is 11.3 Å². The molecule has 148 valence electrons. The van der Waals surface area contributed by atoms with Crippen molar-refractivity contribution in [1.29, 1.82) is 0 Å². The second-order valence-corrected chi connectivity index (χ2v) is 6.61. The molecule has 1 amide bonds. The van der Waals surface area contributed by atoms with Crippen molar-refractivity contribution in [2.24, 2.45) is 0 Å². The van der Waals surface area contributed by atoms with Crippen LogP contribution in [0.15, 0.2) is 24.3 Å². The number of ether oxygens (including phenoxy) is 2. The third-order valence-electron chi connectivity index (χ3n) is 3.55. The molecule has 1 aromatic carbocycles. The number of thiophene rings is 1. The summed E-state index contributed by atoms with van der Waals surface area (Å²) in [4.78, 5) is 46.3. The number of aryl methyl sites for hydroxylation is 1. The number of nitrogens with zero attached hydrogens (tertiary/aromatic N) is 1. The van der Waals surface area contributed by atoms with E-state index in [1.807, 2.05) is 6.92 Å². The summed E-state index contributed by atoms with van der Waals surface area (Å²) in [5.74, 6) is -1.28. The molecule has 28 heavy (non-hydrogen) atoms. The van der Waals surface area contributed by atoms with Gasteiger partial charge in [0.15, 0.2) is 12.4 Å². The van der Waals surface area contributed by atoms with Crippen LogP contribution in [0.5, 0.6) is 5.75 Å². The Kier molecular flexibility index (Phi) is 7.21. The molecule has 1 N–H and O–H groups in total. The second-order valence-electron chi connectivity index (χ2n) is 5.47. The lowest BCUT2D eigenvalue weighted by molar-refractivity contribution is -0.385. The lowest BCUT2D eigenvalue weighted by Crippen LogP contribution is -2.21. The number of nitrogens with one attached hydrogen (secondary N) is 1. The Morgan fingerprint density at radius 2 is 2.04 bits per heavy atom. The highest BCUT2D eigenvalue weighted by atomic mass is 32.1. The molecule has 0 saturated carbocycles. The van der Waals surface area contributed by atoms with Crippen molar-refractivity contribution >= 4 is 40.2 Å². The van der Waals surface area contributed by atoms with Crippen molar-refractivity contribution < 1.29 is 28.8 Å². The van der Waals surface area contributed by atoms with Crippen LogP contribution in [-0.2, 0) is 16.0 Å². The molecule has 0 radical (unpaired) electrons. The minimum atomic E-state index is -0.702. The molecular weight excluding hydrogens is 388 g/mol. The highest BCUT2D eigenvalue weighted by Gasteiger charge is 2.20. The normalized spacial score (nSPS) is 10.2. The average molecular weight is 406 g/mol. The van der Waals surface area contributed by atoms with E-state index in [1.165, 1.54) is 23.5 Å². The fraction of sp³-hybridized carbons (Fsp3) is 0.278. The van der Waals surface area contributed by atoms with Gasteiger partial charge in [0.1, 0.15) is 11.3 Å². The smallest absolute Gasteiger partial charge is 0.341 e. The summed E-state index contributed by atoms with van der Waals surface area (Å²) in [6, 6.07) is 5.31. The monoisotopic (exact) mass is 406 g/mol. The molecule has 1 aromatic heterocycles. The zero-order valence-electron chi connectivity index (χ0n) is 15.2. The van der Waals surface area contributed by atoms with Crippen molar-refractivity contribution in [3.63, 3.8) is 0 Å². The summed E-state index contributed by atoms with van der Waals surface area (Å²) in [6.07, 6.45) is 1.15. The van der Waals surface area contributed by atoms with Gasteiger partial charge in [0.2, 0.25) is 0 Å². The number of nitro benzene ring substituents is 1. The van der Waals surface area contributed by atoms with E-state index in [2.05, 4.69) is 5.32 Å². The van der Waals surface area contributed by atoms with E-state index in [4.69, 9.17) is 9.47 Å². The zero-order chi connectivity index (χ0) is 20.7. The molecule has 1 heterocycles. The van der Waals surface area contributed by atoms with Crippen LogP contribution in [0.2, 0.25) is 0 Å². The van der Waals surface area contributed by atoms with Crippen LogP contribution < -0.4 is 10.1 Å². The zero-order valence-corrected chi connectivity index (χ0v) is 16.0. The van der Waals surface area contributed by atoms with Gasteiger partial charge in [0, 0.05) is 16.5 Å². The van der Waals surface area contributed by atoms with Crippen LogP contribution in [0, 0.1) is 10.1 Å². The van der Waals surface area contributed by atoms with Gasteiger partial charge in [-0.25, -0.2) is 4.79 Å². The molecular formula is C18H18N2O7S. The van der Waals surface area contributed by atoms with Crippen molar-refractivity contribution in [1.82, 2.24) is 0 Å². The number of anilines is 1. The summed E-state index contributed by atoms with van der Waals surface area (Å²) in [6.45, 7) is 3.29. The third-order valence-corrected chi connectivity index (χ3v) is 4.75. The van der Waals surface area contributed by atoms with E-state index in [-0.39, 0.29) is 23.5 Å². The van der Waals surface area contributed by atoms with Crippen LogP contribution in [0.25, 0.3) is 0 Å². The van der Waals surface area contributed by atoms with Crippen LogP contribution in [0.1, 0.15) is 39.4 Å². The average Bonchev–Trinajstić information content (AvgIpc) is 3.09. The van der Waals surface area contributed by atoms with E-state index < -0.39 is 29.1 Å². The maximum Gasteiger partial charge on any atom is 0.341 e. The molecule has 0 spiro atoms. The fourth-order valence-electron chi connectivity index (χ4n) is 2.25. The summed E-state index contributed by atoms with van der Waals surface area (Å²) < 4.78 is 10.2. The summed E-state index contributed by atoms with van der Waals surface area (Å²) in [7, 11) is 0. The maximum atomic E-state index is 12.2. The Bertz CT molecular complexity index is 907. The number of hydrogen-bond acceptors (Lipinski definition) is 8. The Morgan fingerprint density at radius 3 is 2.64 bits per heavy atom. The molecule has 0 unspecified atom stereocenters. The summed E-state index contributed by atoms with van der Waals surface area (Å²) in [5, 5.41) is 14.0. The molecule has 0 aliphatic rings. The first kappa shape index (κ1) is 21.0. The number of hydrogen-bond donors (Lipinski definition) is 1. The van der Waals surface area contributed by atoms with Crippen molar-refractivity contribution in [2.75, 3.05) is 18.5 Å². The number of amides is 1. The highest BCUT2D eigenvalue weighted by molar-refractivity contribution is 7.16. The van der Waals surface area contributed by atoms with Gasteiger partial charge in [-0.15, -0.1) is 11.3 Å². The second kappa shape index (κ2) is 9.60. The molecule has 0 saturated heterocycles. The maximum absolute atomic E-state index is 12.2. The van der Waals surface area contributed by atoms with Crippen molar-refractivity contribution in [2.45, 2.75) is 20.3 Å². The van der Waals surface area contributed by atoms with Gasteiger partial charge in [0.05, 0.1) is 17.1 Å². The number of aldehydes is 1. The Hall–Kier alpha value is -3.27. The largest absolute Gasteiger partial charge is 0.477 e. The minimum Gasteiger partial charge on any atom is -0.477 e. The molecule has 0 aliphatic heterocycles. The predicted octanol–water partition coefficient (Wildman–Crippen LogP) is 3.23. The van der Waals surface area contributed by atoms with Crippen molar-refractivity contribution in [3.8, 4) is 5.75 Å². The van der Waals surface area contributed by atoms with Crippen molar-refractivity contribution in [3.05, 3.63) is 50.4 Å². The quantitative estimate of drug-likeness (QED) is 0.293. The van der Waals surface area contributed by atoms with Gasteiger partial charge in [-0.3, -0.25) is 19.7 Å². The number of benzene rings is 1. The fourth-order valence-corrected chi connectivity index (χ4v) is 3.25. The van der Waals surface area contributed by atoms with Crippen LogP contribution in [0.4, 0.5) is 10.7 Å². The number of rotatable bonds is 9. The molecule has 9 nitrogen and oxygen atoms in total. The lowest BCUT2D eigenvalue weighted by Gasteiger charge is -2.08. The van der Waals surface area contributed by atoms with E-state index in [0.717, 1.165) is 10.9 Å². The molecule has 2 rings (SSSR count). The Balaban J connectivity index is 2.11.